The van der Waals surface area contributed by atoms with Gasteiger partial charge >= 0.3 is 0 Å². The molecule has 1 aromatic heterocycles. The minimum absolute atomic E-state index is 0.292. The molecule has 3 heteroatoms. The number of thiol groups is 1. The fourth-order valence-corrected chi connectivity index (χ4v) is 0.727. The van der Waals surface area contributed by atoms with E-state index < -0.39 is 0 Å². The van der Waals surface area contributed by atoms with Crippen molar-refractivity contribution >= 4 is 17.7 Å². The molecule has 0 radical (unpaired) electrons. The summed E-state index contributed by atoms with van der Waals surface area (Å²) in [5, 5.41) is -0.292. The second-order valence-corrected chi connectivity index (χ2v) is 2.43. The lowest BCUT2D eigenvalue weighted by atomic mass is 10.3. The Morgan fingerprint density at radius 2 is 2.30 bits per heavy atom. The Balaban J connectivity index is 3.00. The number of hydrogen-bond acceptors (Lipinski definition) is 2. The van der Waals surface area contributed by atoms with Gasteiger partial charge in [0, 0.05) is 6.20 Å². The third-order valence-electron chi connectivity index (χ3n) is 1.13. The van der Waals surface area contributed by atoms with Crippen LogP contribution in [0.3, 0.4) is 0 Å². The minimum Gasteiger partial charge on any atom is -0.280 e. The molecule has 0 aliphatic heterocycles. The summed E-state index contributed by atoms with van der Waals surface area (Å²) in [4.78, 5) is 14.4. The van der Waals surface area contributed by atoms with E-state index in [4.69, 9.17) is 0 Å². The summed E-state index contributed by atoms with van der Waals surface area (Å²) in [5.74, 6) is 0. The van der Waals surface area contributed by atoms with Gasteiger partial charge in [0.1, 0.15) is 5.69 Å². The number of aryl methyl sites for hydroxylation is 1. The Hall–Kier alpha value is -0.830. The van der Waals surface area contributed by atoms with E-state index in [1.165, 1.54) is 0 Å². The summed E-state index contributed by atoms with van der Waals surface area (Å²) in [5.41, 5.74) is 1.44. The lowest BCUT2D eigenvalue weighted by Gasteiger charge is -1.92. The summed E-state index contributed by atoms with van der Waals surface area (Å²) in [7, 11) is 0. The van der Waals surface area contributed by atoms with Crippen molar-refractivity contribution in [2.45, 2.75) is 6.92 Å². The van der Waals surface area contributed by atoms with Crippen molar-refractivity contribution in [1.29, 1.82) is 0 Å². The van der Waals surface area contributed by atoms with Gasteiger partial charge in [-0.3, -0.25) is 9.78 Å². The number of nitrogens with zero attached hydrogens (tertiary/aromatic N) is 1. The quantitative estimate of drug-likeness (QED) is 0.619. The van der Waals surface area contributed by atoms with Crippen molar-refractivity contribution in [2.24, 2.45) is 0 Å². The molecule has 0 spiro atoms. The fraction of sp³-hybridized carbons (Fsp3) is 0.143. The van der Waals surface area contributed by atoms with Crippen molar-refractivity contribution in [3.05, 3.63) is 29.6 Å². The number of hydrogen-bond donors (Lipinski definition) is 1. The van der Waals surface area contributed by atoms with Gasteiger partial charge in [-0.15, -0.1) is 0 Å². The van der Waals surface area contributed by atoms with Crippen molar-refractivity contribution in [3.8, 4) is 0 Å². The number of aromatic nitrogens is 1. The van der Waals surface area contributed by atoms with Crippen LogP contribution in [0.1, 0.15) is 16.1 Å². The van der Waals surface area contributed by atoms with E-state index in [1.807, 2.05) is 13.0 Å². The first-order valence-electron chi connectivity index (χ1n) is 2.86. The lowest BCUT2D eigenvalue weighted by molar-refractivity contribution is 0.108. The van der Waals surface area contributed by atoms with Gasteiger partial charge in [-0.1, -0.05) is 18.7 Å². The summed E-state index contributed by atoms with van der Waals surface area (Å²) in [6, 6.07) is 3.49. The first-order chi connectivity index (χ1) is 4.70. The van der Waals surface area contributed by atoms with E-state index in [2.05, 4.69) is 17.6 Å². The highest BCUT2D eigenvalue weighted by Crippen LogP contribution is 2.00. The van der Waals surface area contributed by atoms with E-state index in [0.717, 1.165) is 5.56 Å². The van der Waals surface area contributed by atoms with E-state index in [-0.39, 0.29) is 5.12 Å². The number of carbonyl (C=O) groups is 1. The molecule has 1 aromatic rings. The Labute approximate surface area is 64.7 Å². The second-order valence-electron chi connectivity index (χ2n) is 2.03. The van der Waals surface area contributed by atoms with Crippen LogP contribution in [0.4, 0.5) is 0 Å². The Bertz CT molecular complexity index is 242. The standard InChI is InChI=1S/C7H7NOS/c1-5-2-3-6(7(9)10)8-4-5/h2-4H,1H3,(H,9,10). The topological polar surface area (TPSA) is 30.0 Å². The molecule has 0 unspecified atom stereocenters. The summed E-state index contributed by atoms with van der Waals surface area (Å²) in [6.07, 6.45) is 1.64. The molecule has 0 saturated heterocycles. The molecule has 2 nitrogen and oxygen atoms in total. The molecule has 0 N–H and O–H groups in total. The van der Waals surface area contributed by atoms with Crippen LogP contribution in [0.25, 0.3) is 0 Å². The molecule has 0 amide bonds. The van der Waals surface area contributed by atoms with Crippen LogP contribution in [-0.2, 0) is 0 Å². The number of pyridine rings is 1. The maximum Gasteiger partial charge on any atom is 0.234 e. The average molecular weight is 153 g/mol. The molecule has 1 heterocycles. The third-order valence-corrected chi connectivity index (χ3v) is 1.36. The second kappa shape index (κ2) is 2.84. The fourth-order valence-electron chi connectivity index (χ4n) is 0.594. The summed E-state index contributed by atoms with van der Waals surface area (Å²) >= 11 is 3.62. The van der Waals surface area contributed by atoms with Crippen LogP contribution < -0.4 is 0 Å². The Morgan fingerprint density at radius 3 is 2.70 bits per heavy atom. The first kappa shape index (κ1) is 7.28. The van der Waals surface area contributed by atoms with Crippen molar-refractivity contribution in [2.75, 3.05) is 0 Å². The highest BCUT2D eigenvalue weighted by Gasteiger charge is 1.98. The van der Waals surface area contributed by atoms with Crippen LogP contribution in [0.15, 0.2) is 18.3 Å². The van der Waals surface area contributed by atoms with Crippen LogP contribution in [-0.4, -0.2) is 10.1 Å². The van der Waals surface area contributed by atoms with Crippen molar-refractivity contribution in [3.63, 3.8) is 0 Å². The van der Waals surface area contributed by atoms with E-state index in [1.54, 1.807) is 12.3 Å². The maximum absolute atomic E-state index is 10.6. The van der Waals surface area contributed by atoms with Gasteiger partial charge in [0.15, 0.2) is 0 Å². The molecular formula is C7H7NOS. The molecule has 0 atom stereocenters. The molecule has 0 fully saturated rings. The van der Waals surface area contributed by atoms with Gasteiger partial charge in [0.2, 0.25) is 5.12 Å². The molecule has 10 heavy (non-hydrogen) atoms. The van der Waals surface area contributed by atoms with Gasteiger partial charge in [-0.05, 0) is 18.6 Å². The molecule has 0 aliphatic rings. The summed E-state index contributed by atoms with van der Waals surface area (Å²) < 4.78 is 0. The molecule has 52 valence electrons. The summed E-state index contributed by atoms with van der Waals surface area (Å²) in [6.45, 7) is 1.92. The van der Waals surface area contributed by atoms with Gasteiger partial charge in [0.05, 0.1) is 0 Å². The highest BCUT2D eigenvalue weighted by atomic mass is 32.1. The monoisotopic (exact) mass is 153 g/mol. The van der Waals surface area contributed by atoms with E-state index in [9.17, 15) is 4.79 Å². The van der Waals surface area contributed by atoms with Crippen LogP contribution in [0, 0.1) is 6.92 Å². The highest BCUT2D eigenvalue weighted by molar-refractivity contribution is 7.97. The van der Waals surface area contributed by atoms with Gasteiger partial charge in [0.25, 0.3) is 0 Å². The Kier molecular flexibility index (Phi) is 2.06. The molecule has 0 saturated carbocycles. The van der Waals surface area contributed by atoms with Gasteiger partial charge < -0.3 is 0 Å². The SMILES string of the molecule is Cc1ccc(C(=O)S)nc1. The first-order valence-corrected chi connectivity index (χ1v) is 3.31. The predicted molar refractivity (Wildman–Crippen MR) is 42.3 cm³/mol. The third kappa shape index (κ3) is 1.57. The molecular weight excluding hydrogens is 146 g/mol. The largest absolute Gasteiger partial charge is 0.280 e. The van der Waals surface area contributed by atoms with Crippen LogP contribution in [0.2, 0.25) is 0 Å². The molecule has 0 aromatic carbocycles. The number of rotatable bonds is 1. The van der Waals surface area contributed by atoms with Crippen molar-refractivity contribution in [1.82, 2.24) is 4.98 Å². The molecule has 0 bridgehead atoms. The van der Waals surface area contributed by atoms with Gasteiger partial charge in [-0.2, -0.15) is 0 Å². The Morgan fingerprint density at radius 1 is 1.60 bits per heavy atom. The lowest BCUT2D eigenvalue weighted by Crippen LogP contribution is -1.92. The minimum atomic E-state index is -0.292. The van der Waals surface area contributed by atoms with E-state index in [0.29, 0.717) is 5.69 Å². The molecule has 1 rings (SSSR count). The zero-order chi connectivity index (χ0) is 7.56. The number of carbonyl (C=O) groups excluding carboxylic acids is 1. The average Bonchev–Trinajstić information content (AvgIpc) is 1.88. The zero-order valence-corrected chi connectivity index (χ0v) is 6.43. The van der Waals surface area contributed by atoms with Crippen molar-refractivity contribution < 1.29 is 4.79 Å². The zero-order valence-electron chi connectivity index (χ0n) is 5.53. The predicted octanol–water partition coefficient (Wildman–Crippen LogP) is 1.46. The molecule has 0 aliphatic carbocycles. The van der Waals surface area contributed by atoms with Gasteiger partial charge in [-0.25, -0.2) is 0 Å². The maximum atomic E-state index is 10.6. The normalized spacial score (nSPS) is 9.40. The van der Waals surface area contributed by atoms with Crippen LogP contribution in [0.5, 0.6) is 0 Å². The van der Waals surface area contributed by atoms with E-state index >= 15 is 0 Å². The van der Waals surface area contributed by atoms with Crippen LogP contribution >= 0.6 is 12.6 Å². The smallest absolute Gasteiger partial charge is 0.234 e.